The molecule has 16 heavy (non-hydrogen) atoms. The molecule has 2 heterocycles. The minimum absolute atomic E-state index is 0. The lowest BCUT2D eigenvalue weighted by atomic mass is 10.2. The van der Waals surface area contributed by atoms with Crippen LogP contribution in [0.5, 0.6) is 0 Å². The van der Waals surface area contributed by atoms with Crippen molar-refractivity contribution in [3.8, 4) is 0 Å². The maximum absolute atomic E-state index is 11.8. The number of carbonyl (C=O) groups is 1. The minimum atomic E-state index is 0. The Morgan fingerprint density at radius 2 is 2.38 bits per heavy atom. The fourth-order valence-electron chi connectivity index (χ4n) is 1.82. The summed E-state index contributed by atoms with van der Waals surface area (Å²) in [6.45, 7) is 2.17. The quantitative estimate of drug-likeness (QED) is 0.793. The van der Waals surface area contributed by atoms with E-state index in [4.69, 9.17) is 5.73 Å². The third-order valence-electron chi connectivity index (χ3n) is 2.63. The Labute approximate surface area is 101 Å². The molecule has 1 aromatic heterocycles. The van der Waals surface area contributed by atoms with Crippen LogP contribution in [0.2, 0.25) is 0 Å². The molecule has 0 spiro atoms. The molecule has 0 saturated carbocycles. The van der Waals surface area contributed by atoms with E-state index in [0.29, 0.717) is 12.2 Å². The molecular weight excluding hydrogens is 226 g/mol. The summed E-state index contributed by atoms with van der Waals surface area (Å²) in [4.78, 5) is 17.9. The second-order valence-corrected chi connectivity index (χ2v) is 3.92. The van der Waals surface area contributed by atoms with Crippen LogP contribution in [0.3, 0.4) is 0 Å². The summed E-state index contributed by atoms with van der Waals surface area (Å²) in [5, 5.41) is 0. The lowest BCUT2D eigenvalue weighted by molar-refractivity contribution is 0.0940. The Bertz CT molecular complexity index is 344. The molecule has 1 aliphatic heterocycles. The van der Waals surface area contributed by atoms with Crippen LogP contribution in [0.15, 0.2) is 24.4 Å². The second kappa shape index (κ2) is 5.94. The van der Waals surface area contributed by atoms with Crippen molar-refractivity contribution in [1.29, 1.82) is 0 Å². The maximum Gasteiger partial charge on any atom is 0.195 e. The van der Waals surface area contributed by atoms with Gasteiger partial charge in [0.2, 0.25) is 0 Å². The van der Waals surface area contributed by atoms with Crippen molar-refractivity contribution in [1.82, 2.24) is 9.88 Å². The Balaban J connectivity index is 0.00000128. The van der Waals surface area contributed by atoms with Crippen LogP contribution in [-0.4, -0.2) is 41.3 Å². The fraction of sp³-hybridized carbons (Fsp3) is 0.455. The van der Waals surface area contributed by atoms with Gasteiger partial charge in [0.15, 0.2) is 5.78 Å². The molecule has 2 N–H and O–H groups in total. The topological polar surface area (TPSA) is 59.2 Å². The predicted octanol–water partition coefficient (Wildman–Crippen LogP) is 0.719. The van der Waals surface area contributed by atoms with Crippen LogP contribution in [0.4, 0.5) is 0 Å². The molecule has 1 aliphatic rings. The van der Waals surface area contributed by atoms with Crippen LogP contribution in [0, 0.1) is 0 Å². The lowest BCUT2D eigenvalue weighted by Crippen LogP contribution is -2.31. The number of hydrogen-bond acceptors (Lipinski definition) is 4. The van der Waals surface area contributed by atoms with Gasteiger partial charge in [-0.1, -0.05) is 6.07 Å². The van der Waals surface area contributed by atoms with Crippen molar-refractivity contribution in [2.75, 3.05) is 19.6 Å². The Morgan fingerprint density at radius 1 is 1.56 bits per heavy atom. The first-order valence-electron chi connectivity index (χ1n) is 5.18. The van der Waals surface area contributed by atoms with Crippen LogP contribution in [0.1, 0.15) is 16.9 Å². The van der Waals surface area contributed by atoms with E-state index in [1.54, 1.807) is 12.3 Å². The number of ketones is 1. The molecule has 1 atom stereocenters. The molecule has 0 aliphatic carbocycles. The lowest BCUT2D eigenvalue weighted by Gasteiger charge is -2.13. The molecule has 1 saturated heterocycles. The highest BCUT2D eigenvalue weighted by Gasteiger charge is 2.21. The predicted molar refractivity (Wildman–Crippen MR) is 64.8 cm³/mol. The maximum atomic E-state index is 11.8. The average molecular weight is 242 g/mol. The highest BCUT2D eigenvalue weighted by Crippen LogP contribution is 2.07. The van der Waals surface area contributed by atoms with Crippen LogP contribution >= 0.6 is 12.4 Å². The first-order valence-corrected chi connectivity index (χ1v) is 5.18. The van der Waals surface area contributed by atoms with Gasteiger partial charge in [-0.25, -0.2) is 0 Å². The summed E-state index contributed by atoms with van der Waals surface area (Å²) in [5.41, 5.74) is 6.31. The highest BCUT2D eigenvalue weighted by atomic mass is 35.5. The van der Waals surface area contributed by atoms with Gasteiger partial charge in [0.05, 0.1) is 6.54 Å². The van der Waals surface area contributed by atoms with Gasteiger partial charge in [0, 0.05) is 25.3 Å². The summed E-state index contributed by atoms with van der Waals surface area (Å²) in [6.07, 6.45) is 2.62. The number of Topliss-reactive ketones (excluding diaryl/α,β-unsaturated/α-hetero) is 1. The van der Waals surface area contributed by atoms with Crippen molar-refractivity contribution < 1.29 is 4.79 Å². The number of nitrogens with two attached hydrogens (primary N) is 1. The van der Waals surface area contributed by atoms with Gasteiger partial charge in [-0.2, -0.15) is 0 Å². The van der Waals surface area contributed by atoms with Crippen LogP contribution < -0.4 is 5.73 Å². The van der Waals surface area contributed by atoms with Crippen molar-refractivity contribution in [2.45, 2.75) is 12.5 Å². The first kappa shape index (κ1) is 13.1. The molecule has 5 heteroatoms. The van der Waals surface area contributed by atoms with E-state index in [1.165, 1.54) is 0 Å². The summed E-state index contributed by atoms with van der Waals surface area (Å²) in [5.74, 6) is 0.0738. The molecule has 88 valence electrons. The van der Waals surface area contributed by atoms with Gasteiger partial charge in [0.1, 0.15) is 5.69 Å². The fourth-order valence-corrected chi connectivity index (χ4v) is 1.82. The summed E-state index contributed by atoms with van der Waals surface area (Å²) in [7, 11) is 0. The van der Waals surface area contributed by atoms with Crippen molar-refractivity contribution in [3.05, 3.63) is 30.1 Å². The van der Waals surface area contributed by atoms with E-state index in [0.717, 1.165) is 19.5 Å². The Kier molecular flexibility index (Phi) is 4.86. The zero-order valence-electron chi connectivity index (χ0n) is 9.00. The van der Waals surface area contributed by atoms with Crippen LogP contribution in [-0.2, 0) is 0 Å². The van der Waals surface area contributed by atoms with Gasteiger partial charge in [-0.15, -0.1) is 12.4 Å². The minimum Gasteiger partial charge on any atom is -0.326 e. The van der Waals surface area contributed by atoms with Gasteiger partial charge in [-0.3, -0.25) is 14.7 Å². The number of likely N-dealkylation sites (tertiary alicyclic amines) is 1. The third-order valence-corrected chi connectivity index (χ3v) is 2.63. The zero-order valence-corrected chi connectivity index (χ0v) is 9.82. The summed E-state index contributed by atoms with van der Waals surface area (Å²) >= 11 is 0. The van der Waals surface area contributed by atoms with Gasteiger partial charge in [-0.05, 0) is 18.6 Å². The Hall–Kier alpha value is -0.970. The molecule has 0 amide bonds. The smallest absolute Gasteiger partial charge is 0.195 e. The second-order valence-electron chi connectivity index (χ2n) is 3.92. The van der Waals surface area contributed by atoms with E-state index in [2.05, 4.69) is 9.88 Å². The van der Waals surface area contributed by atoms with Gasteiger partial charge in [0.25, 0.3) is 0 Å². The summed E-state index contributed by atoms with van der Waals surface area (Å²) in [6, 6.07) is 5.61. The average Bonchev–Trinajstić information content (AvgIpc) is 2.65. The highest BCUT2D eigenvalue weighted by molar-refractivity contribution is 5.95. The number of nitrogens with zero attached hydrogens (tertiary/aromatic N) is 2. The van der Waals surface area contributed by atoms with E-state index < -0.39 is 0 Å². The largest absolute Gasteiger partial charge is 0.326 e. The zero-order chi connectivity index (χ0) is 10.7. The first-order chi connectivity index (χ1) is 7.25. The SMILES string of the molecule is Cl.N[C@@H]1CCN(CC(=O)c2ccccn2)C1. The number of carbonyl (C=O) groups excluding carboxylic acids is 1. The number of rotatable bonds is 3. The molecule has 1 fully saturated rings. The third kappa shape index (κ3) is 3.27. The standard InChI is InChI=1S/C11H15N3O.ClH/c12-9-4-6-14(7-9)8-11(15)10-3-1-2-5-13-10;/h1-3,5,9H,4,6-8,12H2;1H/t9-;/m1./s1. The van der Waals surface area contributed by atoms with Gasteiger partial charge < -0.3 is 5.73 Å². The molecule has 0 bridgehead atoms. The number of halogens is 1. The van der Waals surface area contributed by atoms with Gasteiger partial charge >= 0.3 is 0 Å². The molecule has 0 aromatic carbocycles. The molecular formula is C11H16ClN3O. The Morgan fingerprint density at radius 3 is 2.94 bits per heavy atom. The molecule has 0 unspecified atom stereocenters. The van der Waals surface area contributed by atoms with E-state index in [9.17, 15) is 4.79 Å². The molecule has 2 rings (SSSR count). The van der Waals surface area contributed by atoms with Crippen LogP contribution in [0.25, 0.3) is 0 Å². The van der Waals surface area contributed by atoms with E-state index in [-0.39, 0.29) is 24.2 Å². The van der Waals surface area contributed by atoms with E-state index >= 15 is 0 Å². The normalized spacial score (nSPS) is 20.4. The monoisotopic (exact) mass is 241 g/mol. The van der Waals surface area contributed by atoms with Crippen molar-refractivity contribution >= 4 is 18.2 Å². The van der Waals surface area contributed by atoms with E-state index in [1.807, 2.05) is 12.1 Å². The molecule has 4 nitrogen and oxygen atoms in total. The molecule has 0 radical (unpaired) electrons. The number of hydrogen-bond donors (Lipinski definition) is 1. The van der Waals surface area contributed by atoms with Crippen molar-refractivity contribution in [2.24, 2.45) is 5.73 Å². The van der Waals surface area contributed by atoms with Crippen molar-refractivity contribution in [3.63, 3.8) is 0 Å². The molecule has 1 aromatic rings. The number of aromatic nitrogens is 1. The number of pyridine rings is 1. The summed E-state index contributed by atoms with van der Waals surface area (Å²) < 4.78 is 0.